The van der Waals surface area contributed by atoms with Crippen molar-refractivity contribution in [3.63, 3.8) is 0 Å². The first-order valence-corrected chi connectivity index (χ1v) is 10.7. The molecule has 0 radical (unpaired) electrons. The van der Waals surface area contributed by atoms with E-state index in [4.69, 9.17) is 0 Å². The maximum absolute atomic E-state index is 13.0. The van der Waals surface area contributed by atoms with Crippen LogP contribution in [0.3, 0.4) is 0 Å². The van der Waals surface area contributed by atoms with Crippen LogP contribution in [0, 0.1) is 5.82 Å². The summed E-state index contributed by atoms with van der Waals surface area (Å²) >= 11 is 2.92. The second kappa shape index (κ2) is 9.02. The zero-order chi connectivity index (χ0) is 20.1. The highest BCUT2D eigenvalue weighted by molar-refractivity contribution is 7.99. The van der Waals surface area contributed by atoms with Crippen LogP contribution in [0.5, 0.6) is 0 Å². The summed E-state index contributed by atoms with van der Waals surface area (Å²) in [6.07, 6.45) is 0. The fourth-order valence-electron chi connectivity index (χ4n) is 2.75. The van der Waals surface area contributed by atoms with Crippen molar-refractivity contribution in [1.82, 2.24) is 14.8 Å². The van der Waals surface area contributed by atoms with Crippen LogP contribution in [-0.4, -0.2) is 26.4 Å². The van der Waals surface area contributed by atoms with Crippen molar-refractivity contribution in [2.45, 2.75) is 11.7 Å². The van der Waals surface area contributed by atoms with E-state index in [2.05, 4.69) is 15.5 Å². The molecule has 0 saturated carbocycles. The Labute approximate surface area is 175 Å². The van der Waals surface area contributed by atoms with Crippen molar-refractivity contribution in [3.05, 3.63) is 83.5 Å². The smallest absolute Gasteiger partial charge is 0.234 e. The van der Waals surface area contributed by atoms with Crippen molar-refractivity contribution in [1.29, 1.82) is 0 Å². The molecule has 0 spiro atoms. The topological polar surface area (TPSA) is 59.8 Å². The molecular weight excluding hydrogens is 407 g/mol. The van der Waals surface area contributed by atoms with Gasteiger partial charge in [-0.25, -0.2) is 4.39 Å². The molecule has 29 heavy (non-hydrogen) atoms. The van der Waals surface area contributed by atoms with Gasteiger partial charge in [-0.05, 0) is 41.3 Å². The van der Waals surface area contributed by atoms with Crippen molar-refractivity contribution >= 4 is 34.7 Å². The third-order valence-electron chi connectivity index (χ3n) is 4.10. The van der Waals surface area contributed by atoms with Crippen molar-refractivity contribution in [2.24, 2.45) is 0 Å². The largest absolute Gasteiger partial charge is 0.325 e. The number of nitrogens with zero attached hydrogens (tertiary/aromatic N) is 3. The minimum absolute atomic E-state index is 0.175. The molecule has 0 fully saturated rings. The number of hydrogen-bond acceptors (Lipinski definition) is 5. The fraction of sp³-hybridized carbons (Fsp3) is 0.0952. The van der Waals surface area contributed by atoms with Crippen molar-refractivity contribution in [2.75, 3.05) is 11.1 Å². The lowest BCUT2D eigenvalue weighted by Crippen LogP contribution is -2.14. The van der Waals surface area contributed by atoms with Crippen molar-refractivity contribution < 1.29 is 9.18 Å². The number of aromatic nitrogens is 3. The van der Waals surface area contributed by atoms with Gasteiger partial charge in [0.05, 0.1) is 17.2 Å². The zero-order valence-corrected chi connectivity index (χ0v) is 16.9. The molecule has 0 saturated heterocycles. The number of halogens is 1. The van der Waals surface area contributed by atoms with Gasteiger partial charge in [-0.2, -0.15) is 0 Å². The van der Waals surface area contributed by atoms with Gasteiger partial charge in [0, 0.05) is 5.69 Å². The number of carbonyl (C=O) groups excluding carboxylic acids is 1. The van der Waals surface area contributed by atoms with E-state index in [1.807, 2.05) is 52.4 Å². The molecule has 5 nitrogen and oxygen atoms in total. The Balaban J connectivity index is 1.50. The average molecular weight is 425 g/mol. The molecule has 146 valence electrons. The van der Waals surface area contributed by atoms with E-state index >= 15 is 0 Å². The van der Waals surface area contributed by atoms with Crippen LogP contribution >= 0.6 is 23.1 Å². The summed E-state index contributed by atoms with van der Waals surface area (Å²) in [6.45, 7) is 0.614. The molecule has 0 aliphatic rings. The molecular formula is C21H17FN4OS2. The Morgan fingerprint density at radius 2 is 1.83 bits per heavy atom. The van der Waals surface area contributed by atoms with Crippen molar-refractivity contribution in [3.8, 4) is 10.7 Å². The number of carbonyl (C=O) groups is 1. The van der Waals surface area contributed by atoms with Gasteiger partial charge in [0.1, 0.15) is 5.82 Å². The Kier molecular flexibility index (Phi) is 6.02. The standard InChI is InChI=1S/C21H17FN4OS2/c22-16-8-10-17(11-9-16)23-19(27)14-29-21-25-24-20(18-7-4-12-28-18)26(21)13-15-5-2-1-3-6-15/h1-12H,13-14H2,(H,23,27). The normalized spacial score (nSPS) is 10.8. The number of nitrogens with one attached hydrogen (secondary N) is 1. The Hall–Kier alpha value is -2.97. The van der Waals surface area contributed by atoms with E-state index < -0.39 is 0 Å². The van der Waals surface area contributed by atoms with Crippen LogP contribution < -0.4 is 5.32 Å². The first-order valence-electron chi connectivity index (χ1n) is 8.88. The lowest BCUT2D eigenvalue weighted by atomic mass is 10.2. The minimum atomic E-state index is -0.340. The van der Waals surface area contributed by atoms with Crippen LogP contribution in [0.2, 0.25) is 0 Å². The van der Waals surface area contributed by atoms with Gasteiger partial charge < -0.3 is 5.32 Å². The van der Waals surface area contributed by atoms with Gasteiger partial charge >= 0.3 is 0 Å². The van der Waals surface area contributed by atoms with Crippen LogP contribution in [-0.2, 0) is 11.3 Å². The fourth-order valence-corrected chi connectivity index (χ4v) is 4.21. The minimum Gasteiger partial charge on any atom is -0.325 e. The van der Waals surface area contributed by atoms with E-state index in [-0.39, 0.29) is 17.5 Å². The van der Waals surface area contributed by atoms with Gasteiger partial charge in [-0.15, -0.1) is 21.5 Å². The van der Waals surface area contributed by atoms with E-state index in [0.717, 1.165) is 16.3 Å². The van der Waals surface area contributed by atoms with Crippen LogP contribution in [0.1, 0.15) is 5.56 Å². The summed E-state index contributed by atoms with van der Waals surface area (Å²) < 4.78 is 15.0. The van der Waals surface area contributed by atoms with E-state index in [1.165, 1.54) is 36.0 Å². The van der Waals surface area contributed by atoms with Gasteiger partial charge in [0.25, 0.3) is 0 Å². The van der Waals surface area contributed by atoms with Gasteiger partial charge in [-0.1, -0.05) is 48.2 Å². The second-order valence-electron chi connectivity index (χ2n) is 6.20. The zero-order valence-electron chi connectivity index (χ0n) is 15.3. The first-order chi connectivity index (χ1) is 14.2. The highest BCUT2D eigenvalue weighted by Crippen LogP contribution is 2.28. The molecule has 0 bridgehead atoms. The summed E-state index contributed by atoms with van der Waals surface area (Å²) in [5.41, 5.74) is 1.68. The number of rotatable bonds is 7. The molecule has 2 heterocycles. The number of amides is 1. The average Bonchev–Trinajstić information content (AvgIpc) is 3.39. The summed E-state index contributed by atoms with van der Waals surface area (Å²) in [6, 6.07) is 19.7. The van der Waals surface area contributed by atoms with Gasteiger partial charge in [0.15, 0.2) is 11.0 Å². The Bertz CT molecular complexity index is 1080. The molecule has 4 rings (SSSR count). The highest BCUT2D eigenvalue weighted by atomic mass is 32.2. The number of thiophene rings is 1. The molecule has 8 heteroatoms. The molecule has 2 aromatic carbocycles. The molecule has 4 aromatic rings. The second-order valence-corrected chi connectivity index (χ2v) is 8.09. The summed E-state index contributed by atoms with van der Waals surface area (Å²) in [4.78, 5) is 13.3. The predicted molar refractivity (Wildman–Crippen MR) is 115 cm³/mol. The van der Waals surface area contributed by atoms with Gasteiger partial charge in [0.2, 0.25) is 5.91 Å². The molecule has 1 amide bonds. The monoisotopic (exact) mass is 424 g/mol. The maximum atomic E-state index is 13.0. The molecule has 0 unspecified atom stereocenters. The lowest BCUT2D eigenvalue weighted by Gasteiger charge is -2.10. The molecule has 1 N–H and O–H groups in total. The number of benzene rings is 2. The first kappa shape index (κ1) is 19.4. The highest BCUT2D eigenvalue weighted by Gasteiger charge is 2.17. The third kappa shape index (κ3) is 4.90. The lowest BCUT2D eigenvalue weighted by molar-refractivity contribution is -0.113. The maximum Gasteiger partial charge on any atom is 0.234 e. The van der Waals surface area contributed by atoms with Gasteiger partial charge in [-0.3, -0.25) is 9.36 Å². The summed E-state index contributed by atoms with van der Waals surface area (Å²) in [7, 11) is 0. The molecule has 0 aliphatic carbocycles. The van der Waals surface area contributed by atoms with Crippen LogP contribution in [0.15, 0.2) is 77.3 Å². The molecule has 2 aromatic heterocycles. The van der Waals surface area contributed by atoms with E-state index in [0.29, 0.717) is 17.4 Å². The SMILES string of the molecule is O=C(CSc1nnc(-c2cccs2)n1Cc1ccccc1)Nc1ccc(F)cc1. The summed E-state index contributed by atoms with van der Waals surface area (Å²) in [5, 5.41) is 14.1. The third-order valence-corrected chi connectivity index (χ3v) is 5.93. The van der Waals surface area contributed by atoms with Crippen LogP contribution in [0.25, 0.3) is 10.7 Å². The number of thioether (sulfide) groups is 1. The van der Waals surface area contributed by atoms with E-state index in [1.54, 1.807) is 11.3 Å². The number of anilines is 1. The predicted octanol–water partition coefficient (Wildman–Crippen LogP) is 4.92. The van der Waals surface area contributed by atoms with E-state index in [9.17, 15) is 9.18 Å². The molecule has 0 aliphatic heterocycles. The number of hydrogen-bond donors (Lipinski definition) is 1. The molecule has 0 atom stereocenters. The quantitative estimate of drug-likeness (QED) is 0.428. The Morgan fingerprint density at radius 1 is 1.03 bits per heavy atom. The summed E-state index contributed by atoms with van der Waals surface area (Å²) in [5.74, 6) is 0.431. The van der Waals surface area contributed by atoms with Crippen LogP contribution in [0.4, 0.5) is 10.1 Å². The Morgan fingerprint density at radius 3 is 2.55 bits per heavy atom.